The van der Waals surface area contributed by atoms with Crippen molar-refractivity contribution in [3.05, 3.63) is 112 Å². The first-order valence-corrected chi connectivity index (χ1v) is 12.0. The third kappa shape index (κ3) is 4.21. The Morgan fingerprint density at radius 3 is 2.00 bits per heavy atom. The molecule has 0 N–H and O–H groups in total. The molecule has 1 aliphatic heterocycles. The molecule has 1 saturated heterocycles. The van der Waals surface area contributed by atoms with Gasteiger partial charge < -0.3 is 9.64 Å². The number of carbonyl (C=O) groups excluding carboxylic acids is 2. The van der Waals surface area contributed by atoms with Crippen molar-refractivity contribution in [2.45, 2.75) is 18.4 Å². The number of esters is 1. The Labute approximate surface area is 206 Å². The van der Waals surface area contributed by atoms with Gasteiger partial charge in [0, 0.05) is 47.6 Å². The second-order valence-corrected chi connectivity index (χ2v) is 9.26. The number of piperidine rings is 1. The number of rotatable bonds is 4. The van der Waals surface area contributed by atoms with E-state index in [0.29, 0.717) is 37.1 Å². The van der Waals surface area contributed by atoms with Crippen LogP contribution in [0.4, 0.5) is 0 Å². The molecule has 2 heterocycles. The van der Waals surface area contributed by atoms with E-state index in [4.69, 9.17) is 9.72 Å². The van der Waals surface area contributed by atoms with Gasteiger partial charge in [-0.3, -0.25) is 9.78 Å². The zero-order valence-corrected chi connectivity index (χ0v) is 20.1. The first kappa shape index (κ1) is 22.3. The van der Waals surface area contributed by atoms with Crippen molar-refractivity contribution in [3.63, 3.8) is 0 Å². The summed E-state index contributed by atoms with van der Waals surface area (Å²) in [5, 5.41) is 1.94. The highest BCUT2D eigenvalue weighted by Gasteiger charge is 2.43. The highest BCUT2D eigenvalue weighted by Crippen LogP contribution is 2.41. The van der Waals surface area contributed by atoms with Gasteiger partial charge in [0.2, 0.25) is 0 Å². The molecule has 0 saturated carbocycles. The van der Waals surface area contributed by atoms with E-state index in [2.05, 4.69) is 15.9 Å². The second kappa shape index (κ2) is 9.39. The summed E-state index contributed by atoms with van der Waals surface area (Å²) in [6.45, 7) is 0.920. The number of aromatic nitrogens is 1. The largest absolute Gasteiger partial charge is 0.449 e. The fourth-order valence-corrected chi connectivity index (χ4v) is 5.00. The van der Waals surface area contributed by atoms with E-state index in [9.17, 15) is 9.59 Å². The predicted molar refractivity (Wildman–Crippen MR) is 135 cm³/mol. The van der Waals surface area contributed by atoms with Crippen molar-refractivity contribution >= 4 is 38.6 Å². The lowest BCUT2D eigenvalue weighted by atomic mass is 9.84. The Kier molecular flexibility index (Phi) is 6.16. The number of nitrogens with zero attached hydrogens (tertiary/aromatic N) is 2. The van der Waals surface area contributed by atoms with Gasteiger partial charge in [0.15, 0.2) is 5.60 Å². The van der Waals surface area contributed by atoms with Gasteiger partial charge in [-0.1, -0.05) is 60.7 Å². The zero-order valence-electron chi connectivity index (χ0n) is 18.5. The minimum atomic E-state index is -0.944. The number of hydrogen-bond donors (Lipinski definition) is 0. The van der Waals surface area contributed by atoms with E-state index in [1.54, 1.807) is 18.3 Å². The number of carbonyl (C=O) groups is 2. The molecule has 6 heteroatoms. The number of hydrogen-bond acceptors (Lipinski definition) is 4. The van der Waals surface area contributed by atoms with E-state index < -0.39 is 11.6 Å². The third-order valence-corrected chi connectivity index (χ3v) is 6.99. The Bertz CT molecular complexity index is 1330. The molecule has 5 nitrogen and oxygen atoms in total. The van der Waals surface area contributed by atoms with Gasteiger partial charge in [-0.2, -0.15) is 0 Å². The number of fused-ring (bicyclic) bond motifs is 1. The summed E-state index contributed by atoms with van der Waals surface area (Å²) in [5.41, 5.74) is 0.928. The van der Waals surface area contributed by atoms with Gasteiger partial charge in [0.25, 0.3) is 5.91 Å². The molecule has 5 rings (SSSR count). The van der Waals surface area contributed by atoms with Crippen LogP contribution in [-0.2, 0) is 10.3 Å². The van der Waals surface area contributed by atoms with Gasteiger partial charge in [0.1, 0.15) is 0 Å². The Balaban J connectivity index is 1.51. The molecular formula is C28H23BrN2O3. The molecule has 1 aromatic heterocycles. The molecule has 0 aliphatic carbocycles. The molecule has 1 aliphatic rings. The van der Waals surface area contributed by atoms with Crippen LogP contribution in [0.15, 0.2) is 95.6 Å². The first-order chi connectivity index (χ1) is 16.6. The second-order valence-electron chi connectivity index (χ2n) is 8.41. The summed E-state index contributed by atoms with van der Waals surface area (Å²) in [4.78, 5) is 32.8. The minimum Gasteiger partial charge on any atom is -0.449 e. The minimum absolute atomic E-state index is 0.0165. The number of pyridine rings is 1. The Hall–Kier alpha value is -3.51. The molecule has 0 atom stereocenters. The van der Waals surface area contributed by atoms with Gasteiger partial charge in [0.05, 0.1) is 11.3 Å². The van der Waals surface area contributed by atoms with Crippen molar-refractivity contribution in [2.24, 2.45) is 0 Å². The predicted octanol–water partition coefficient (Wildman–Crippen LogP) is 5.99. The van der Waals surface area contributed by atoms with E-state index in [1.807, 2.05) is 77.7 Å². The van der Waals surface area contributed by atoms with Crippen molar-refractivity contribution in [1.29, 1.82) is 0 Å². The molecule has 1 fully saturated rings. The number of halogens is 1. The zero-order chi connectivity index (χ0) is 23.5. The number of likely N-dealkylation sites (tertiary alicyclic amines) is 1. The maximum Gasteiger partial charge on any atom is 0.339 e. The van der Waals surface area contributed by atoms with Crippen molar-refractivity contribution in [3.8, 4) is 0 Å². The van der Waals surface area contributed by atoms with Crippen LogP contribution in [0.5, 0.6) is 0 Å². The first-order valence-electron chi connectivity index (χ1n) is 11.2. The van der Waals surface area contributed by atoms with E-state index in [0.717, 1.165) is 20.9 Å². The molecule has 0 spiro atoms. The van der Waals surface area contributed by atoms with Crippen LogP contribution in [0.1, 0.15) is 39.3 Å². The quantitative estimate of drug-likeness (QED) is 0.314. The summed E-state index contributed by atoms with van der Waals surface area (Å²) < 4.78 is 7.16. The third-order valence-electron chi connectivity index (χ3n) is 6.35. The molecule has 4 aromatic rings. The van der Waals surface area contributed by atoms with Gasteiger partial charge in [-0.05, 0) is 45.6 Å². The van der Waals surface area contributed by atoms with Crippen molar-refractivity contribution in [2.75, 3.05) is 13.1 Å². The maximum absolute atomic E-state index is 13.2. The van der Waals surface area contributed by atoms with Gasteiger partial charge in [-0.15, -0.1) is 0 Å². The van der Waals surface area contributed by atoms with Crippen LogP contribution in [-0.4, -0.2) is 34.8 Å². The summed E-state index contributed by atoms with van der Waals surface area (Å²) in [7, 11) is 0. The maximum atomic E-state index is 13.2. The van der Waals surface area contributed by atoms with Crippen LogP contribution in [0, 0.1) is 0 Å². The molecule has 1 amide bonds. The lowest BCUT2D eigenvalue weighted by molar-refractivity contribution is -0.0529. The molecular weight excluding hydrogens is 492 g/mol. The fraction of sp³-hybridized carbons (Fsp3) is 0.179. The average Bonchev–Trinajstić information content (AvgIpc) is 2.90. The normalized spacial score (nSPS) is 15.1. The number of benzene rings is 3. The lowest BCUT2D eigenvalue weighted by Gasteiger charge is -2.41. The van der Waals surface area contributed by atoms with Crippen LogP contribution in [0.2, 0.25) is 0 Å². The van der Waals surface area contributed by atoms with Crippen molar-refractivity contribution < 1.29 is 14.3 Å². The topological polar surface area (TPSA) is 59.5 Å². The number of amides is 1. The summed E-state index contributed by atoms with van der Waals surface area (Å²) >= 11 is 3.59. The summed E-state index contributed by atoms with van der Waals surface area (Å²) in [5.74, 6) is -0.408. The van der Waals surface area contributed by atoms with Gasteiger partial charge >= 0.3 is 5.97 Å². The van der Waals surface area contributed by atoms with E-state index >= 15 is 0 Å². The van der Waals surface area contributed by atoms with Gasteiger partial charge in [-0.25, -0.2) is 4.79 Å². The Morgan fingerprint density at radius 1 is 0.794 bits per heavy atom. The fourth-order valence-electron chi connectivity index (χ4n) is 4.55. The Morgan fingerprint density at radius 2 is 1.35 bits per heavy atom. The van der Waals surface area contributed by atoms with Crippen molar-refractivity contribution in [1.82, 2.24) is 9.88 Å². The van der Waals surface area contributed by atoms with Crippen LogP contribution >= 0.6 is 15.9 Å². The van der Waals surface area contributed by atoms with Crippen LogP contribution < -0.4 is 0 Å². The van der Waals surface area contributed by atoms with Crippen LogP contribution in [0.25, 0.3) is 10.8 Å². The van der Waals surface area contributed by atoms with E-state index in [1.165, 1.54) is 0 Å². The molecule has 0 unspecified atom stereocenters. The lowest BCUT2D eigenvalue weighted by Crippen LogP contribution is -2.47. The monoisotopic (exact) mass is 514 g/mol. The highest BCUT2D eigenvalue weighted by atomic mass is 79.9. The molecule has 3 aromatic carbocycles. The molecule has 0 bridgehead atoms. The summed E-state index contributed by atoms with van der Waals surface area (Å²) in [6.07, 6.45) is 2.68. The SMILES string of the molecule is O=C(OC1(c2ncc(Br)c3ccccc23)CCN(C(=O)c2ccccc2)CC1)c1ccccc1. The summed E-state index contributed by atoms with van der Waals surface area (Å²) in [6, 6.07) is 26.2. The molecule has 0 radical (unpaired) electrons. The highest BCUT2D eigenvalue weighted by molar-refractivity contribution is 9.10. The number of ether oxygens (including phenoxy) is 1. The standard InChI is InChI=1S/C28H23BrN2O3/c29-24-19-30-25(23-14-8-7-13-22(23)24)28(34-27(33)21-11-5-2-6-12-21)15-17-31(18-16-28)26(32)20-9-3-1-4-10-20/h1-14,19H,15-18H2. The smallest absolute Gasteiger partial charge is 0.339 e. The average molecular weight is 515 g/mol. The van der Waals surface area contributed by atoms with Crippen LogP contribution in [0.3, 0.4) is 0 Å². The molecule has 34 heavy (non-hydrogen) atoms. The van der Waals surface area contributed by atoms with E-state index in [-0.39, 0.29) is 5.91 Å². The molecule has 170 valence electrons.